The molecule has 1 aromatic heterocycles. The number of benzene rings is 1. The number of ether oxygens (including phenoxy) is 4. The van der Waals surface area contributed by atoms with Crippen molar-refractivity contribution in [3.8, 4) is 5.75 Å². The molecule has 248 valence electrons. The van der Waals surface area contributed by atoms with E-state index >= 15 is 0 Å². The summed E-state index contributed by atoms with van der Waals surface area (Å²) in [6, 6.07) is 7.75. The van der Waals surface area contributed by atoms with E-state index in [1.165, 1.54) is 17.9 Å². The number of rotatable bonds is 14. The summed E-state index contributed by atoms with van der Waals surface area (Å²) in [6.07, 6.45) is 3.08. The fourth-order valence-corrected chi connectivity index (χ4v) is 8.84. The van der Waals surface area contributed by atoms with Gasteiger partial charge in [0.05, 0.1) is 37.8 Å². The Kier molecular flexibility index (Phi) is 11.3. The molecule has 4 atom stereocenters. The second-order valence-corrected chi connectivity index (χ2v) is 20.6. The van der Waals surface area contributed by atoms with Gasteiger partial charge in [0.15, 0.2) is 14.1 Å². The molecule has 0 N–H and O–H groups in total. The number of methoxy groups -OCH3 is 2. The highest BCUT2D eigenvalue weighted by Gasteiger charge is 2.58. The lowest BCUT2D eigenvalue weighted by molar-refractivity contribution is -0.290. The number of carbonyl (C=O) groups excluding carboxylic acids is 1. The van der Waals surface area contributed by atoms with Gasteiger partial charge in [0, 0.05) is 44.8 Å². The van der Waals surface area contributed by atoms with E-state index in [2.05, 4.69) is 38.8 Å². The minimum Gasteiger partial charge on any atom is -0.497 e. The lowest BCUT2D eigenvalue weighted by atomic mass is 9.78. The Morgan fingerprint density at radius 2 is 1.77 bits per heavy atom. The third-order valence-corrected chi connectivity index (χ3v) is 15.7. The minimum atomic E-state index is -3.87. The van der Waals surface area contributed by atoms with Crippen LogP contribution in [0.2, 0.25) is 18.1 Å². The summed E-state index contributed by atoms with van der Waals surface area (Å²) in [5.41, 5.74) is -0.216. The van der Waals surface area contributed by atoms with Crippen molar-refractivity contribution in [3.63, 3.8) is 0 Å². The zero-order valence-corrected chi connectivity index (χ0v) is 30.1. The van der Waals surface area contributed by atoms with E-state index in [9.17, 15) is 13.2 Å². The highest BCUT2D eigenvalue weighted by molar-refractivity contribution is 7.91. The number of hydrogen-bond acceptors (Lipinski definition) is 9. The number of ketones is 1. The molecule has 2 heterocycles. The van der Waals surface area contributed by atoms with Gasteiger partial charge in [-0.1, -0.05) is 46.8 Å². The number of aromatic nitrogens is 2. The smallest absolute Gasteiger partial charge is 0.235 e. The number of hydrogen-bond donors (Lipinski definition) is 0. The molecule has 0 amide bonds. The summed E-state index contributed by atoms with van der Waals surface area (Å²) in [4.78, 5) is 17.6. The Bertz CT molecular complexity index is 1370. The van der Waals surface area contributed by atoms with Gasteiger partial charge in [-0.25, -0.2) is 13.4 Å². The normalized spacial score (nSPS) is 21.7. The topological polar surface area (TPSA) is 115 Å². The van der Waals surface area contributed by atoms with Crippen LogP contribution in [0.3, 0.4) is 0 Å². The third-order valence-electron chi connectivity index (χ3n) is 9.12. The van der Waals surface area contributed by atoms with Crippen LogP contribution in [-0.4, -0.2) is 76.1 Å². The second-order valence-electron chi connectivity index (χ2n) is 14.0. The maximum atomic E-state index is 13.5. The molecule has 0 bridgehead atoms. The molecule has 1 fully saturated rings. The lowest BCUT2D eigenvalue weighted by Crippen LogP contribution is -2.61. The highest BCUT2D eigenvalue weighted by atomic mass is 32.2. The van der Waals surface area contributed by atoms with Crippen LogP contribution in [0.5, 0.6) is 5.75 Å². The molecule has 0 radical (unpaired) electrons. The first-order valence-corrected chi connectivity index (χ1v) is 19.7. The first kappa shape index (κ1) is 36.4. The Morgan fingerprint density at radius 3 is 2.30 bits per heavy atom. The van der Waals surface area contributed by atoms with Crippen molar-refractivity contribution in [1.29, 1.82) is 0 Å². The molecule has 1 aliphatic heterocycles. The summed E-state index contributed by atoms with van der Waals surface area (Å²) >= 11 is 0. The van der Waals surface area contributed by atoms with Gasteiger partial charge < -0.3 is 27.9 Å². The molecule has 2 aromatic rings. The molecule has 12 heteroatoms. The van der Waals surface area contributed by atoms with Crippen LogP contribution in [0, 0.1) is 5.41 Å². The summed E-state index contributed by atoms with van der Waals surface area (Å²) in [5.74, 6) is -1.64. The van der Waals surface area contributed by atoms with Crippen molar-refractivity contribution in [2.75, 3.05) is 20.0 Å². The zero-order chi connectivity index (χ0) is 33.1. The Balaban J connectivity index is 1.86. The molecule has 0 saturated carbocycles. The van der Waals surface area contributed by atoms with Crippen LogP contribution in [0.1, 0.15) is 66.4 Å². The van der Waals surface area contributed by atoms with Gasteiger partial charge >= 0.3 is 0 Å². The van der Waals surface area contributed by atoms with Crippen molar-refractivity contribution < 1.29 is 36.6 Å². The average Bonchev–Trinajstić information content (AvgIpc) is 3.38. The van der Waals surface area contributed by atoms with Crippen molar-refractivity contribution in [1.82, 2.24) is 9.55 Å². The third kappa shape index (κ3) is 8.00. The zero-order valence-electron chi connectivity index (χ0n) is 28.3. The first-order valence-electron chi connectivity index (χ1n) is 15.2. The number of aryl methyl sites for hydroxylation is 1. The first-order chi connectivity index (χ1) is 20.3. The van der Waals surface area contributed by atoms with Gasteiger partial charge in [0.1, 0.15) is 5.75 Å². The van der Waals surface area contributed by atoms with Crippen molar-refractivity contribution >= 4 is 23.9 Å². The molecule has 1 aliphatic rings. The van der Waals surface area contributed by atoms with Gasteiger partial charge in [0.2, 0.25) is 20.8 Å². The molecule has 0 aliphatic carbocycles. The molecular formula is C32H52N2O8SSi. The fraction of sp³-hybridized carbons (Fsp3) is 0.688. The standard InChI is InChI=1S/C32H52N2O8SSi/c1-23(40-21-24-12-14-25(38-8)15-13-24)27(42-44(10,11)30(2,3)4)20-26-16-17-28(35)32(39-9,41-26)31(5,6)22-43(36,37)29-33-18-19-34(29)7/h12-15,18-19,23,26-27H,16-17,20-22H2,1-11H3/t23-,26+,27-,32-/m1/s1. The highest BCUT2D eigenvalue weighted by Crippen LogP contribution is 2.45. The van der Waals surface area contributed by atoms with Gasteiger partial charge in [0.25, 0.3) is 0 Å². The summed E-state index contributed by atoms with van der Waals surface area (Å²) in [6.45, 7) is 16.8. The number of imidazole rings is 1. The van der Waals surface area contributed by atoms with E-state index in [0.717, 1.165) is 11.3 Å². The minimum absolute atomic E-state index is 0.0397. The lowest BCUT2D eigenvalue weighted by Gasteiger charge is -2.49. The second kappa shape index (κ2) is 13.7. The summed E-state index contributed by atoms with van der Waals surface area (Å²) in [5, 5.41) is -0.107. The average molecular weight is 653 g/mol. The Labute approximate surface area is 264 Å². The van der Waals surface area contributed by atoms with Gasteiger partial charge in [-0.3, -0.25) is 4.79 Å². The van der Waals surface area contributed by atoms with E-state index in [4.69, 9.17) is 23.4 Å². The van der Waals surface area contributed by atoms with Crippen molar-refractivity contribution in [2.45, 2.75) is 115 Å². The maximum absolute atomic E-state index is 13.5. The monoisotopic (exact) mass is 652 g/mol. The molecule has 1 saturated heterocycles. The van der Waals surface area contributed by atoms with Gasteiger partial charge in [-0.2, -0.15) is 0 Å². The summed E-state index contributed by atoms with van der Waals surface area (Å²) in [7, 11) is -1.44. The molecule has 3 rings (SSSR count). The quantitative estimate of drug-likeness (QED) is 0.237. The molecule has 44 heavy (non-hydrogen) atoms. The molecular weight excluding hydrogens is 601 g/mol. The maximum Gasteiger partial charge on any atom is 0.235 e. The number of sulfone groups is 1. The van der Waals surface area contributed by atoms with E-state index in [1.807, 2.05) is 31.2 Å². The van der Waals surface area contributed by atoms with Crippen molar-refractivity contribution in [3.05, 3.63) is 42.2 Å². The molecule has 1 aromatic carbocycles. The van der Waals surface area contributed by atoms with Crippen LogP contribution in [0.25, 0.3) is 0 Å². The number of nitrogens with zero attached hydrogens (tertiary/aromatic N) is 2. The molecule has 0 unspecified atom stereocenters. The Hall–Kier alpha value is -2.09. The Morgan fingerprint density at radius 1 is 1.14 bits per heavy atom. The molecule has 0 spiro atoms. The number of Topliss-reactive ketones (excluding diaryl/α,β-unsaturated/α-hetero) is 1. The van der Waals surface area contributed by atoms with Gasteiger partial charge in [-0.05, 0) is 49.2 Å². The molecule has 10 nitrogen and oxygen atoms in total. The predicted octanol–water partition coefficient (Wildman–Crippen LogP) is 5.71. The SMILES string of the molecule is COc1ccc(CO[C@H](C)[C@@H](C[C@@H]2CCC(=O)[C@](OC)(C(C)(C)CS(=O)(=O)c3nccn3C)O2)O[Si](C)(C)C(C)(C)C)cc1. The largest absolute Gasteiger partial charge is 0.497 e. The fourth-order valence-electron chi connectivity index (χ4n) is 5.45. The number of carbonyl (C=O) groups is 1. The van der Waals surface area contributed by atoms with E-state index in [-0.39, 0.29) is 40.4 Å². The van der Waals surface area contributed by atoms with E-state index in [0.29, 0.717) is 19.4 Å². The van der Waals surface area contributed by atoms with Gasteiger partial charge in [-0.15, -0.1) is 0 Å². The van der Waals surface area contributed by atoms with Crippen LogP contribution < -0.4 is 4.74 Å². The van der Waals surface area contributed by atoms with E-state index in [1.54, 1.807) is 34.2 Å². The van der Waals surface area contributed by atoms with Crippen LogP contribution in [-0.2, 0) is 46.9 Å². The predicted molar refractivity (Wildman–Crippen MR) is 172 cm³/mol. The van der Waals surface area contributed by atoms with Crippen LogP contribution in [0.15, 0.2) is 41.8 Å². The summed E-state index contributed by atoms with van der Waals surface area (Å²) < 4.78 is 59.3. The van der Waals surface area contributed by atoms with Crippen LogP contribution >= 0.6 is 0 Å². The van der Waals surface area contributed by atoms with E-state index < -0.39 is 35.5 Å². The van der Waals surface area contributed by atoms with Crippen molar-refractivity contribution in [2.24, 2.45) is 12.5 Å². The van der Waals surface area contributed by atoms with Crippen LogP contribution in [0.4, 0.5) is 0 Å².